The van der Waals surface area contributed by atoms with Gasteiger partial charge in [-0.2, -0.15) is 0 Å². The second kappa shape index (κ2) is 7.30. The van der Waals surface area contributed by atoms with Gasteiger partial charge in [-0.25, -0.2) is 4.36 Å². The number of likely N-dealkylation sites (tertiary alicyclic amines) is 1. The first-order chi connectivity index (χ1) is 10.3. The van der Waals surface area contributed by atoms with Gasteiger partial charge in [-0.15, -0.1) is 0 Å². The highest BCUT2D eigenvalue weighted by Gasteiger charge is 2.34. The fourth-order valence-electron chi connectivity index (χ4n) is 3.51. The number of amides is 1. The molecular formula is C16H30N2O3S. The van der Waals surface area contributed by atoms with Crippen molar-refractivity contribution in [3.63, 3.8) is 0 Å². The maximum Gasteiger partial charge on any atom is 0.225 e. The molecule has 1 N–H and O–H groups in total. The highest BCUT2D eigenvalue weighted by Crippen LogP contribution is 2.32. The molecule has 22 heavy (non-hydrogen) atoms. The summed E-state index contributed by atoms with van der Waals surface area (Å²) in [6.45, 7) is 2.03. The molecule has 1 aliphatic carbocycles. The standard InChI is InChI=1S/C16H30N2O3S/c1-22(2,21)17-12-14-7-6-10-18(13-14)15(19)11-16(20)8-4-3-5-9-16/h14,20H,3-13H2,1-2H3. The lowest BCUT2D eigenvalue weighted by Crippen LogP contribution is -2.45. The van der Waals surface area contributed by atoms with Crippen molar-refractivity contribution in [2.45, 2.75) is 57.0 Å². The number of piperidine rings is 1. The zero-order chi connectivity index (χ0) is 16.2. The van der Waals surface area contributed by atoms with Crippen molar-refractivity contribution in [3.05, 3.63) is 0 Å². The van der Waals surface area contributed by atoms with Crippen LogP contribution in [-0.4, -0.2) is 57.9 Å². The molecule has 1 atom stereocenters. The Morgan fingerprint density at radius 1 is 1.27 bits per heavy atom. The first kappa shape index (κ1) is 17.7. The first-order valence-corrected chi connectivity index (χ1v) is 10.7. The third-order valence-corrected chi connectivity index (χ3v) is 5.55. The summed E-state index contributed by atoms with van der Waals surface area (Å²) in [6, 6.07) is 0. The van der Waals surface area contributed by atoms with Gasteiger partial charge in [0.05, 0.1) is 18.6 Å². The molecule has 1 unspecified atom stereocenters. The number of hydrogen-bond donors (Lipinski definition) is 1. The minimum atomic E-state index is -2.06. The van der Waals surface area contributed by atoms with E-state index in [-0.39, 0.29) is 12.3 Å². The normalized spacial score (nSPS) is 25.8. The predicted octanol–water partition coefficient (Wildman–Crippen LogP) is 2.04. The fraction of sp³-hybridized carbons (Fsp3) is 0.938. The summed E-state index contributed by atoms with van der Waals surface area (Å²) >= 11 is 0. The molecule has 2 rings (SSSR count). The molecule has 1 heterocycles. The molecule has 0 aromatic heterocycles. The van der Waals surface area contributed by atoms with Gasteiger partial charge in [-0.3, -0.25) is 9.00 Å². The summed E-state index contributed by atoms with van der Waals surface area (Å²) in [6.07, 6.45) is 10.3. The Hall–Kier alpha value is -0.620. The van der Waals surface area contributed by atoms with E-state index in [0.717, 1.165) is 51.5 Å². The van der Waals surface area contributed by atoms with E-state index in [2.05, 4.69) is 4.36 Å². The summed E-state index contributed by atoms with van der Waals surface area (Å²) < 4.78 is 15.9. The Morgan fingerprint density at radius 3 is 2.59 bits per heavy atom. The summed E-state index contributed by atoms with van der Waals surface area (Å²) in [4.78, 5) is 14.4. The maximum absolute atomic E-state index is 12.5. The van der Waals surface area contributed by atoms with Crippen molar-refractivity contribution in [2.75, 3.05) is 32.1 Å². The summed E-state index contributed by atoms with van der Waals surface area (Å²) in [5, 5.41) is 10.5. The highest BCUT2D eigenvalue weighted by atomic mass is 32.2. The van der Waals surface area contributed by atoms with Crippen molar-refractivity contribution in [3.8, 4) is 0 Å². The van der Waals surface area contributed by atoms with Crippen molar-refractivity contribution >= 4 is 15.6 Å². The van der Waals surface area contributed by atoms with Crippen LogP contribution in [0.15, 0.2) is 4.36 Å². The number of carbonyl (C=O) groups excluding carboxylic acids is 1. The maximum atomic E-state index is 12.5. The van der Waals surface area contributed by atoms with Gasteiger partial charge < -0.3 is 10.0 Å². The summed E-state index contributed by atoms with van der Waals surface area (Å²) in [7, 11) is -2.06. The van der Waals surface area contributed by atoms with Gasteiger partial charge in [-0.1, -0.05) is 19.3 Å². The molecule has 0 aromatic carbocycles. The molecule has 1 saturated carbocycles. The molecule has 1 amide bonds. The van der Waals surface area contributed by atoms with E-state index in [9.17, 15) is 14.1 Å². The number of carbonyl (C=O) groups is 1. The topological polar surface area (TPSA) is 70.0 Å². The molecule has 0 spiro atoms. The Kier molecular flexibility index (Phi) is 5.88. The minimum Gasteiger partial charge on any atom is -0.389 e. The predicted molar refractivity (Wildman–Crippen MR) is 89.2 cm³/mol. The van der Waals surface area contributed by atoms with Crippen LogP contribution in [-0.2, 0) is 14.5 Å². The average molecular weight is 330 g/mol. The van der Waals surface area contributed by atoms with Gasteiger partial charge in [0.1, 0.15) is 0 Å². The van der Waals surface area contributed by atoms with Gasteiger partial charge in [0, 0.05) is 35.3 Å². The summed E-state index contributed by atoms with van der Waals surface area (Å²) in [5.41, 5.74) is -0.784. The van der Waals surface area contributed by atoms with Crippen LogP contribution in [0.25, 0.3) is 0 Å². The van der Waals surface area contributed by atoms with Gasteiger partial charge in [0.25, 0.3) is 0 Å². The molecule has 6 heteroatoms. The van der Waals surface area contributed by atoms with Crippen LogP contribution in [0.4, 0.5) is 0 Å². The lowest BCUT2D eigenvalue weighted by Gasteiger charge is -2.36. The van der Waals surface area contributed by atoms with Gasteiger partial charge in [0.15, 0.2) is 0 Å². The van der Waals surface area contributed by atoms with Crippen LogP contribution in [0.2, 0.25) is 0 Å². The molecule has 1 saturated heterocycles. The summed E-state index contributed by atoms with van der Waals surface area (Å²) in [5.74, 6) is 0.377. The lowest BCUT2D eigenvalue weighted by atomic mass is 9.82. The zero-order valence-corrected chi connectivity index (χ0v) is 14.7. The van der Waals surface area contributed by atoms with Crippen LogP contribution in [0.3, 0.4) is 0 Å². The Balaban J connectivity index is 1.88. The largest absolute Gasteiger partial charge is 0.389 e. The van der Waals surface area contributed by atoms with Crippen molar-refractivity contribution < 1.29 is 14.1 Å². The second-order valence-electron chi connectivity index (χ2n) is 7.30. The van der Waals surface area contributed by atoms with E-state index in [0.29, 0.717) is 19.0 Å². The molecule has 0 aromatic rings. The molecule has 2 fully saturated rings. The van der Waals surface area contributed by atoms with Crippen molar-refractivity contribution in [1.82, 2.24) is 4.90 Å². The molecular weight excluding hydrogens is 300 g/mol. The molecule has 5 nitrogen and oxygen atoms in total. The van der Waals surface area contributed by atoms with Crippen LogP contribution in [0.1, 0.15) is 51.4 Å². The van der Waals surface area contributed by atoms with E-state index in [1.807, 2.05) is 4.90 Å². The van der Waals surface area contributed by atoms with E-state index < -0.39 is 15.3 Å². The molecule has 0 bridgehead atoms. The third-order valence-electron chi connectivity index (χ3n) is 4.78. The van der Waals surface area contributed by atoms with E-state index in [1.165, 1.54) is 0 Å². The van der Waals surface area contributed by atoms with Crippen molar-refractivity contribution in [1.29, 1.82) is 0 Å². The fourth-order valence-corrected chi connectivity index (χ4v) is 4.08. The van der Waals surface area contributed by atoms with E-state index in [4.69, 9.17) is 0 Å². The highest BCUT2D eigenvalue weighted by molar-refractivity contribution is 7.92. The number of hydrogen-bond acceptors (Lipinski definition) is 4. The SMILES string of the molecule is CS(C)(=O)=NCC1CCCN(C(=O)CC2(O)CCCCC2)C1. The number of aliphatic hydroxyl groups is 1. The van der Waals surface area contributed by atoms with Crippen molar-refractivity contribution in [2.24, 2.45) is 10.3 Å². The van der Waals surface area contributed by atoms with E-state index in [1.54, 1.807) is 12.5 Å². The second-order valence-corrected chi connectivity index (χ2v) is 9.92. The van der Waals surface area contributed by atoms with Gasteiger partial charge >= 0.3 is 0 Å². The molecule has 1 aliphatic heterocycles. The number of rotatable bonds is 4. The van der Waals surface area contributed by atoms with Gasteiger partial charge in [-0.05, 0) is 31.6 Å². The van der Waals surface area contributed by atoms with Gasteiger partial charge in [0.2, 0.25) is 5.91 Å². The van der Waals surface area contributed by atoms with Crippen LogP contribution in [0.5, 0.6) is 0 Å². The Bertz CT molecular complexity index is 498. The number of nitrogens with zero attached hydrogens (tertiary/aromatic N) is 2. The quantitative estimate of drug-likeness (QED) is 0.857. The Morgan fingerprint density at radius 2 is 1.95 bits per heavy atom. The van der Waals surface area contributed by atoms with Crippen LogP contribution < -0.4 is 0 Å². The smallest absolute Gasteiger partial charge is 0.225 e. The lowest BCUT2D eigenvalue weighted by molar-refractivity contribution is -0.139. The third kappa shape index (κ3) is 5.54. The van der Waals surface area contributed by atoms with E-state index >= 15 is 0 Å². The monoisotopic (exact) mass is 330 g/mol. The zero-order valence-electron chi connectivity index (χ0n) is 13.9. The Labute approximate surface area is 134 Å². The average Bonchev–Trinajstić information content (AvgIpc) is 2.45. The molecule has 128 valence electrons. The molecule has 0 radical (unpaired) electrons. The van der Waals surface area contributed by atoms with Crippen LogP contribution in [0, 0.1) is 5.92 Å². The minimum absolute atomic E-state index is 0.0721. The first-order valence-electron chi connectivity index (χ1n) is 8.40. The van der Waals surface area contributed by atoms with Crippen LogP contribution >= 0.6 is 0 Å². The molecule has 2 aliphatic rings.